The number of carbonyl (C=O) groups excluding carboxylic acids is 1. The molecule has 0 aliphatic heterocycles. The van der Waals surface area contributed by atoms with Gasteiger partial charge in [-0.1, -0.05) is 17.7 Å². The van der Waals surface area contributed by atoms with E-state index in [1.165, 1.54) is 0 Å². The first-order valence-electron chi connectivity index (χ1n) is 6.97. The molecule has 108 valence electrons. The number of aryl methyl sites for hydroxylation is 1. The summed E-state index contributed by atoms with van der Waals surface area (Å²) in [6, 6.07) is 7.62. The molecule has 2 aromatic rings. The Kier molecular flexibility index (Phi) is 3.88. The second kappa shape index (κ2) is 5.82. The number of hydrogen-bond donors (Lipinski definition) is 0. The summed E-state index contributed by atoms with van der Waals surface area (Å²) >= 11 is 5.96. The van der Waals surface area contributed by atoms with Crippen LogP contribution in [0.25, 0.3) is 0 Å². The third kappa shape index (κ3) is 3.39. The highest BCUT2D eigenvalue weighted by Crippen LogP contribution is 2.30. The van der Waals surface area contributed by atoms with Crippen LogP contribution in [0.4, 0.5) is 0 Å². The molecule has 5 heteroatoms. The molecule has 1 aliphatic rings. The molecule has 0 saturated heterocycles. The van der Waals surface area contributed by atoms with Crippen LogP contribution in [0.3, 0.4) is 0 Å². The van der Waals surface area contributed by atoms with Crippen LogP contribution in [-0.2, 0) is 6.54 Å². The maximum atomic E-state index is 12.8. The Labute approximate surface area is 128 Å². The summed E-state index contributed by atoms with van der Waals surface area (Å²) in [4.78, 5) is 22.9. The number of pyridine rings is 2. The van der Waals surface area contributed by atoms with E-state index in [2.05, 4.69) is 9.97 Å². The monoisotopic (exact) mass is 301 g/mol. The number of rotatable bonds is 4. The third-order valence-corrected chi connectivity index (χ3v) is 3.69. The van der Waals surface area contributed by atoms with Gasteiger partial charge in [-0.2, -0.15) is 0 Å². The SMILES string of the molecule is Cc1cc(C(=O)N(Cc2cccnc2)C2CC2)cc(Cl)n1. The molecule has 4 nitrogen and oxygen atoms in total. The van der Waals surface area contributed by atoms with E-state index in [9.17, 15) is 4.79 Å². The van der Waals surface area contributed by atoms with Crippen molar-refractivity contribution >= 4 is 17.5 Å². The maximum Gasteiger partial charge on any atom is 0.254 e. The predicted octanol–water partition coefficient (Wildman–Crippen LogP) is 3.24. The fourth-order valence-electron chi connectivity index (χ4n) is 2.36. The van der Waals surface area contributed by atoms with Crippen molar-refractivity contribution in [1.29, 1.82) is 0 Å². The molecule has 1 amide bonds. The quantitative estimate of drug-likeness (QED) is 0.814. The Bertz CT molecular complexity index is 636. The van der Waals surface area contributed by atoms with E-state index in [1.807, 2.05) is 24.0 Å². The first-order valence-corrected chi connectivity index (χ1v) is 7.35. The highest BCUT2D eigenvalue weighted by molar-refractivity contribution is 6.29. The van der Waals surface area contributed by atoms with Gasteiger partial charge < -0.3 is 4.90 Å². The largest absolute Gasteiger partial charge is 0.331 e. The van der Waals surface area contributed by atoms with Gasteiger partial charge in [0.25, 0.3) is 5.91 Å². The number of carbonyl (C=O) groups is 1. The van der Waals surface area contributed by atoms with Gasteiger partial charge in [0.2, 0.25) is 0 Å². The molecular formula is C16H16ClN3O. The number of aromatic nitrogens is 2. The van der Waals surface area contributed by atoms with E-state index >= 15 is 0 Å². The Morgan fingerprint density at radius 1 is 1.43 bits per heavy atom. The van der Waals surface area contributed by atoms with Crippen molar-refractivity contribution < 1.29 is 4.79 Å². The van der Waals surface area contributed by atoms with Crippen molar-refractivity contribution in [3.63, 3.8) is 0 Å². The Morgan fingerprint density at radius 3 is 2.86 bits per heavy atom. The van der Waals surface area contributed by atoms with Crippen molar-refractivity contribution in [3.05, 3.63) is 58.6 Å². The minimum absolute atomic E-state index is 0.00810. The average molecular weight is 302 g/mol. The second-order valence-corrected chi connectivity index (χ2v) is 5.73. The van der Waals surface area contributed by atoms with Gasteiger partial charge in [0, 0.05) is 36.2 Å². The fraction of sp³-hybridized carbons (Fsp3) is 0.312. The summed E-state index contributed by atoms with van der Waals surface area (Å²) in [6.45, 7) is 2.42. The van der Waals surface area contributed by atoms with Gasteiger partial charge in [0.05, 0.1) is 0 Å². The molecule has 2 aromatic heterocycles. The van der Waals surface area contributed by atoms with E-state index in [-0.39, 0.29) is 5.91 Å². The zero-order valence-electron chi connectivity index (χ0n) is 11.8. The third-order valence-electron chi connectivity index (χ3n) is 3.49. The highest BCUT2D eigenvalue weighted by atomic mass is 35.5. The Balaban J connectivity index is 1.85. The summed E-state index contributed by atoms with van der Waals surface area (Å²) in [5.74, 6) is 0.00810. The molecule has 0 N–H and O–H groups in total. The lowest BCUT2D eigenvalue weighted by molar-refractivity contribution is 0.0729. The summed E-state index contributed by atoms with van der Waals surface area (Å²) in [6.07, 6.45) is 5.65. The lowest BCUT2D eigenvalue weighted by atomic mass is 10.2. The lowest BCUT2D eigenvalue weighted by Gasteiger charge is -2.22. The zero-order chi connectivity index (χ0) is 14.8. The van der Waals surface area contributed by atoms with Gasteiger partial charge >= 0.3 is 0 Å². The number of amides is 1. The molecule has 1 fully saturated rings. The van der Waals surface area contributed by atoms with Crippen LogP contribution in [0.15, 0.2) is 36.7 Å². The molecule has 0 radical (unpaired) electrons. The first-order chi connectivity index (χ1) is 10.1. The molecule has 3 rings (SSSR count). The standard InChI is InChI=1S/C16H16ClN3O/c1-11-7-13(8-15(17)19-11)16(21)20(14-4-5-14)10-12-3-2-6-18-9-12/h2-3,6-9,14H,4-5,10H2,1H3. The zero-order valence-corrected chi connectivity index (χ0v) is 12.5. The van der Waals surface area contributed by atoms with Gasteiger partial charge in [0.1, 0.15) is 5.15 Å². The lowest BCUT2D eigenvalue weighted by Crippen LogP contribution is -2.32. The van der Waals surface area contributed by atoms with Crippen molar-refractivity contribution in [1.82, 2.24) is 14.9 Å². The second-order valence-electron chi connectivity index (χ2n) is 5.35. The highest BCUT2D eigenvalue weighted by Gasteiger charge is 2.33. The molecule has 0 bridgehead atoms. The number of nitrogens with zero attached hydrogens (tertiary/aromatic N) is 3. The molecule has 2 heterocycles. The molecular weight excluding hydrogens is 286 g/mol. The van der Waals surface area contributed by atoms with Gasteiger partial charge in [-0.25, -0.2) is 4.98 Å². The fourth-order valence-corrected chi connectivity index (χ4v) is 2.61. The van der Waals surface area contributed by atoms with Crippen molar-refractivity contribution in [2.45, 2.75) is 32.4 Å². The summed E-state index contributed by atoms with van der Waals surface area (Å²) in [5.41, 5.74) is 2.39. The van der Waals surface area contributed by atoms with Crippen LogP contribution in [0, 0.1) is 6.92 Å². The van der Waals surface area contributed by atoms with E-state index in [0.29, 0.717) is 23.3 Å². The minimum atomic E-state index is 0.00810. The van der Waals surface area contributed by atoms with Crippen LogP contribution in [0.2, 0.25) is 5.15 Å². The predicted molar refractivity (Wildman–Crippen MR) is 81.1 cm³/mol. The first kappa shape index (κ1) is 14.0. The minimum Gasteiger partial charge on any atom is -0.331 e. The van der Waals surface area contributed by atoms with Crippen molar-refractivity contribution in [2.75, 3.05) is 0 Å². The molecule has 0 spiro atoms. The summed E-state index contributed by atoms with van der Waals surface area (Å²) in [5, 5.41) is 0.357. The van der Waals surface area contributed by atoms with Crippen LogP contribution < -0.4 is 0 Å². The van der Waals surface area contributed by atoms with Crippen LogP contribution in [0.1, 0.15) is 34.5 Å². The van der Waals surface area contributed by atoms with E-state index in [4.69, 9.17) is 11.6 Å². The van der Waals surface area contributed by atoms with Gasteiger partial charge in [-0.05, 0) is 43.5 Å². The van der Waals surface area contributed by atoms with Gasteiger partial charge in [-0.15, -0.1) is 0 Å². The smallest absolute Gasteiger partial charge is 0.254 e. The van der Waals surface area contributed by atoms with Gasteiger partial charge in [0.15, 0.2) is 0 Å². The van der Waals surface area contributed by atoms with Gasteiger partial charge in [-0.3, -0.25) is 9.78 Å². The average Bonchev–Trinajstić information content (AvgIpc) is 3.29. The van der Waals surface area contributed by atoms with E-state index in [0.717, 1.165) is 24.1 Å². The Hall–Kier alpha value is -1.94. The maximum absolute atomic E-state index is 12.8. The molecule has 0 unspecified atom stereocenters. The van der Waals surface area contributed by atoms with E-state index in [1.54, 1.807) is 24.5 Å². The molecule has 1 saturated carbocycles. The molecule has 0 aromatic carbocycles. The van der Waals surface area contributed by atoms with Crippen molar-refractivity contribution in [2.24, 2.45) is 0 Å². The van der Waals surface area contributed by atoms with Crippen LogP contribution >= 0.6 is 11.6 Å². The summed E-state index contributed by atoms with van der Waals surface area (Å²) < 4.78 is 0. The Morgan fingerprint density at radius 2 is 2.24 bits per heavy atom. The molecule has 0 atom stereocenters. The molecule has 21 heavy (non-hydrogen) atoms. The number of halogens is 1. The summed E-state index contributed by atoms with van der Waals surface area (Å²) in [7, 11) is 0. The van der Waals surface area contributed by atoms with Crippen LogP contribution in [0.5, 0.6) is 0 Å². The van der Waals surface area contributed by atoms with E-state index < -0.39 is 0 Å². The van der Waals surface area contributed by atoms with Crippen LogP contribution in [-0.4, -0.2) is 26.8 Å². The number of hydrogen-bond acceptors (Lipinski definition) is 3. The molecule has 1 aliphatic carbocycles. The topological polar surface area (TPSA) is 46.1 Å². The normalized spacial score (nSPS) is 14.0. The van der Waals surface area contributed by atoms with Crippen molar-refractivity contribution in [3.8, 4) is 0 Å².